The van der Waals surface area contributed by atoms with E-state index in [0.717, 1.165) is 0 Å². The van der Waals surface area contributed by atoms with Crippen LogP contribution in [-0.4, -0.2) is 76.1 Å². The van der Waals surface area contributed by atoms with Gasteiger partial charge < -0.3 is 30.1 Å². The smallest absolute Gasteiger partial charge is 0.251 e. The summed E-state index contributed by atoms with van der Waals surface area (Å²) in [6, 6.07) is 5.53. The zero-order valence-electron chi connectivity index (χ0n) is 20.3. The number of rotatable bonds is 11. The second-order valence-corrected chi connectivity index (χ2v) is 9.06. The number of ether oxygens (including phenoxy) is 1. The van der Waals surface area contributed by atoms with Gasteiger partial charge in [-0.2, -0.15) is 5.10 Å². The molecule has 0 aliphatic carbocycles. The van der Waals surface area contributed by atoms with Crippen LogP contribution >= 0.6 is 0 Å². The van der Waals surface area contributed by atoms with Crippen molar-refractivity contribution in [2.24, 2.45) is 5.92 Å². The summed E-state index contributed by atoms with van der Waals surface area (Å²) < 4.78 is 21.9. The molecule has 0 fully saturated rings. The van der Waals surface area contributed by atoms with Crippen LogP contribution in [0.4, 0.5) is 15.9 Å². The predicted molar refractivity (Wildman–Crippen MR) is 128 cm³/mol. The molecule has 3 N–H and O–H groups in total. The van der Waals surface area contributed by atoms with E-state index >= 15 is 0 Å². The summed E-state index contributed by atoms with van der Waals surface area (Å²) in [6.07, 6.45) is 2.26. The molecule has 0 radical (unpaired) electrons. The normalized spacial score (nSPS) is 15.3. The highest BCUT2D eigenvalue weighted by molar-refractivity contribution is 5.99. The number of aliphatic hydroxyl groups is 2. The average molecular weight is 490 g/mol. The van der Waals surface area contributed by atoms with Crippen LogP contribution in [0.5, 0.6) is 5.75 Å². The largest absolute Gasteiger partial charge is 0.456 e. The Kier molecular flexibility index (Phi) is 8.47. The minimum Gasteiger partial charge on any atom is -0.456 e. The van der Waals surface area contributed by atoms with E-state index in [-0.39, 0.29) is 36.3 Å². The van der Waals surface area contributed by atoms with Crippen molar-refractivity contribution in [2.45, 2.75) is 39.0 Å². The maximum absolute atomic E-state index is 14.8. The molecule has 10 nitrogen and oxygen atoms in total. The second-order valence-electron chi connectivity index (χ2n) is 9.06. The van der Waals surface area contributed by atoms with Crippen molar-refractivity contribution >= 4 is 23.3 Å². The molecule has 2 atom stereocenters. The Morgan fingerprint density at radius 2 is 2.06 bits per heavy atom. The highest BCUT2D eigenvalue weighted by atomic mass is 19.1. The van der Waals surface area contributed by atoms with Gasteiger partial charge in [0.1, 0.15) is 11.8 Å². The third-order valence-corrected chi connectivity index (χ3v) is 5.43. The lowest BCUT2D eigenvalue weighted by atomic mass is 10.0. The third kappa shape index (κ3) is 6.58. The molecule has 1 aromatic heterocycles. The maximum atomic E-state index is 14.8. The number of nitrogens with one attached hydrogen (secondary N) is 1. The van der Waals surface area contributed by atoms with Gasteiger partial charge in [-0.3, -0.25) is 14.3 Å². The first-order valence-electron chi connectivity index (χ1n) is 11.4. The fourth-order valence-electron chi connectivity index (χ4n) is 3.74. The lowest BCUT2D eigenvalue weighted by molar-refractivity contribution is -0.133. The number of benzene rings is 1. The van der Waals surface area contributed by atoms with Crippen molar-refractivity contribution in [1.29, 1.82) is 0 Å². The zero-order chi connectivity index (χ0) is 25.7. The van der Waals surface area contributed by atoms with Gasteiger partial charge in [-0.1, -0.05) is 19.9 Å². The van der Waals surface area contributed by atoms with Crippen molar-refractivity contribution in [3.63, 3.8) is 0 Å². The number of anilines is 2. The van der Waals surface area contributed by atoms with Gasteiger partial charge >= 0.3 is 0 Å². The molecular weight excluding hydrogens is 457 g/mol. The summed E-state index contributed by atoms with van der Waals surface area (Å²) in [5.74, 6) is -0.756. The maximum Gasteiger partial charge on any atom is 0.251 e. The predicted octanol–water partition coefficient (Wildman–Crippen LogP) is 1.60. The molecule has 2 heterocycles. The van der Waals surface area contributed by atoms with Crippen molar-refractivity contribution in [3.05, 3.63) is 48.1 Å². The van der Waals surface area contributed by atoms with Gasteiger partial charge in [0.2, 0.25) is 5.91 Å². The highest BCUT2D eigenvalue weighted by Gasteiger charge is 2.35. The molecule has 0 unspecified atom stereocenters. The number of carbonyl (C=O) groups excluding carboxylic acids is 2. The van der Waals surface area contributed by atoms with Gasteiger partial charge in [0, 0.05) is 32.4 Å². The summed E-state index contributed by atoms with van der Waals surface area (Å²) in [7, 11) is 3.44. The molecule has 190 valence electrons. The minimum atomic E-state index is -0.970. The quantitative estimate of drug-likeness (QED) is 0.439. The fraction of sp³-hybridized carbons (Fsp3) is 0.458. The van der Waals surface area contributed by atoms with Crippen LogP contribution in [0.25, 0.3) is 0 Å². The molecule has 11 heteroatoms. The Morgan fingerprint density at radius 1 is 1.31 bits per heavy atom. The summed E-state index contributed by atoms with van der Waals surface area (Å²) in [5.41, 5.74) is 0.354. The molecule has 0 saturated heterocycles. The monoisotopic (exact) mass is 489 g/mol. The Morgan fingerprint density at radius 3 is 2.71 bits per heavy atom. The molecule has 35 heavy (non-hydrogen) atoms. The summed E-state index contributed by atoms with van der Waals surface area (Å²) in [6.45, 7) is 3.57. The first-order chi connectivity index (χ1) is 16.6. The second kappa shape index (κ2) is 11.3. The number of hydrogen-bond acceptors (Lipinski definition) is 7. The van der Waals surface area contributed by atoms with E-state index in [1.54, 1.807) is 43.4 Å². The van der Waals surface area contributed by atoms with Crippen LogP contribution in [-0.2, 0) is 16.1 Å². The SMILES string of the molecule is CC(C)C[C@@H](C(=O)Nc1ccn(C[C@@H](O)CO)n1)N1CC(Oc2cccc(N(C)C)c2F)=CC1=O. The van der Waals surface area contributed by atoms with Crippen LogP contribution in [0, 0.1) is 11.7 Å². The highest BCUT2D eigenvalue weighted by Crippen LogP contribution is 2.29. The van der Waals surface area contributed by atoms with Gasteiger partial charge in [-0.25, -0.2) is 4.39 Å². The van der Waals surface area contributed by atoms with E-state index in [0.29, 0.717) is 12.1 Å². The lowest BCUT2D eigenvalue weighted by Gasteiger charge is -2.28. The van der Waals surface area contributed by atoms with E-state index in [2.05, 4.69) is 10.4 Å². The lowest BCUT2D eigenvalue weighted by Crippen LogP contribution is -2.46. The van der Waals surface area contributed by atoms with Crippen molar-refractivity contribution in [1.82, 2.24) is 14.7 Å². The van der Waals surface area contributed by atoms with E-state index in [1.165, 1.54) is 21.7 Å². The standard InChI is InChI=1S/C24H32FN5O5/c1-15(2)10-19(24(34)26-21-8-9-29(27-21)12-16(32)14-31)30-13-17(11-22(30)33)35-20-7-5-6-18(23(20)25)28(3)4/h5-9,11,15-16,19,31-32H,10,12-14H2,1-4H3,(H,26,27,34)/t16-,19+/m1/s1. The summed E-state index contributed by atoms with van der Waals surface area (Å²) in [5, 5.41) is 25.4. The van der Waals surface area contributed by atoms with E-state index in [1.807, 2.05) is 13.8 Å². The fourth-order valence-corrected chi connectivity index (χ4v) is 3.74. The van der Waals surface area contributed by atoms with Crippen molar-refractivity contribution in [2.75, 3.05) is 37.5 Å². The molecule has 1 aliphatic heterocycles. The number of amides is 2. The van der Waals surface area contributed by atoms with E-state index in [9.17, 15) is 19.1 Å². The van der Waals surface area contributed by atoms with E-state index in [4.69, 9.17) is 9.84 Å². The number of hydrogen-bond donors (Lipinski definition) is 3. The van der Waals surface area contributed by atoms with Crippen LogP contribution in [0.2, 0.25) is 0 Å². The molecule has 2 aromatic rings. The first-order valence-corrected chi connectivity index (χ1v) is 11.4. The molecule has 1 aromatic carbocycles. The summed E-state index contributed by atoms with van der Waals surface area (Å²) >= 11 is 0. The van der Waals surface area contributed by atoms with Crippen LogP contribution in [0.3, 0.4) is 0 Å². The van der Waals surface area contributed by atoms with Gasteiger partial charge in [-0.05, 0) is 24.5 Å². The molecule has 0 spiro atoms. The van der Waals surface area contributed by atoms with E-state index < -0.39 is 36.4 Å². The van der Waals surface area contributed by atoms with Crippen LogP contribution in [0.15, 0.2) is 42.3 Å². The molecular formula is C24H32FN5O5. The van der Waals surface area contributed by atoms with Crippen molar-refractivity contribution < 1.29 is 28.9 Å². The number of carbonyl (C=O) groups is 2. The Hall–Kier alpha value is -3.44. The van der Waals surface area contributed by atoms with Gasteiger partial charge in [-0.15, -0.1) is 0 Å². The van der Waals surface area contributed by atoms with Gasteiger partial charge in [0.05, 0.1) is 31.5 Å². The number of aromatic nitrogens is 2. The molecule has 0 bridgehead atoms. The number of halogens is 1. The first kappa shape index (κ1) is 26.2. The topological polar surface area (TPSA) is 120 Å². The van der Waals surface area contributed by atoms with Crippen LogP contribution < -0.4 is 15.0 Å². The van der Waals surface area contributed by atoms with Crippen LogP contribution in [0.1, 0.15) is 20.3 Å². The zero-order valence-corrected chi connectivity index (χ0v) is 20.3. The molecule has 1 aliphatic rings. The minimum absolute atomic E-state index is 0.00225. The van der Waals surface area contributed by atoms with Crippen molar-refractivity contribution in [3.8, 4) is 5.75 Å². The Bertz CT molecular complexity index is 1080. The third-order valence-electron chi connectivity index (χ3n) is 5.43. The molecule has 3 rings (SSSR count). The molecule has 2 amide bonds. The molecule has 0 saturated carbocycles. The number of aliphatic hydroxyl groups excluding tert-OH is 2. The average Bonchev–Trinajstić information content (AvgIpc) is 3.38. The van der Waals surface area contributed by atoms with Gasteiger partial charge in [0.15, 0.2) is 17.4 Å². The summed E-state index contributed by atoms with van der Waals surface area (Å²) in [4.78, 5) is 28.9. The Balaban J connectivity index is 1.71. The Labute approximate surface area is 203 Å². The van der Waals surface area contributed by atoms with Gasteiger partial charge in [0.25, 0.3) is 5.91 Å². The number of nitrogens with zero attached hydrogens (tertiary/aromatic N) is 4.